The summed E-state index contributed by atoms with van der Waals surface area (Å²) in [6.45, 7) is 1.51. The van der Waals surface area contributed by atoms with Gasteiger partial charge in [-0.3, -0.25) is 5.43 Å². The first-order chi connectivity index (χ1) is 9.24. The van der Waals surface area contributed by atoms with Crippen LogP contribution in [0.1, 0.15) is 18.4 Å². The highest BCUT2D eigenvalue weighted by Gasteiger charge is 2.14. The fourth-order valence-electron chi connectivity index (χ4n) is 1.80. The Kier molecular flexibility index (Phi) is 5.23. The molecule has 2 N–H and O–H groups in total. The first-order valence-corrected chi connectivity index (χ1v) is 6.59. The molecule has 4 nitrogen and oxygen atoms in total. The maximum Gasteiger partial charge on any atom is 0.187 e. The van der Waals surface area contributed by atoms with E-state index in [0.717, 1.165) is 19.4 Å². The Labute approximate surface area is 117 Å². The lowest BCUT2D eigenvalue weighted by Gasteiger charge is -2.11. The van der Waals surface area contributed by atoms with Gasteiger partial charge in [0.15, 0.2) is 5.11 Å². The molecule has 0 bridgehead atoms. The molecule has 6 heteroatoms. The Balaban J connectivity index is 1.70. The normalized spacial score (nSPS) is 18.7. The van der Waals surface area contributed by atoms with Gasteiger partial charge in [0.2, 0.25) is 0 Å². The van der Waals surface area contributed by atoms with E-state index in [1.807, 2.05) is 0 Å². The second-order valence-electron chi connectivity index (χ2n) is 4.27. The Morgan fingerprint density at radius 2 is 2.47 bits per heavy atom. The average molecular weight is 281 g/mol. The van der Waals surface area contributed by atoms with Gasteiger partial charge < -0.3 is 10.1 Å². The minimum Gasteiger partial charge on any atom is -0.376 e. The van der Waals surface area contributed by atoms with Crippen molar-refractivity contribution in [3.05, 3.63) is 35.6 Å². The summed E-state index contributed by atoms with van der Waals surface area (Å²) >= 11 is 5.06. The van der Waals surface area contributed by atoms with Gasteiger partial charge in [-0.15, -0.1) is 0 Å². The maximum absolute atomic E-state index is 12.9. The number of benzene rings is 1. The highest BCUT2D eigenvalue weighted by Crippen LogP contribution is 2.10. The average Bonchev–Trinajstić information content (AvgIpc) is 2.89. The Bertz CT molecular complexity index is 461. The molecule has 19 heavy (non-hydrogen) atoms. The molecule has 0 aromatic heterocycles. The highest BCUT2D eigenvalue weighted by molar-refractivity contribution is 7.80. The predicted molar refractivity (Wildman–Crippen MR) is 76.7 cm³/mol. The first-order valence-electron chi connectivity index (χ1n) is 6.18. The molecule has 0 aliphatic carbocycles. The third-order valence-corrected chi connectivity index (χ3v) is 2.98. The number of hydrazone groups is 1. The zero-order chi connectivity index (χ0) is 13.5. The Morgan fingerprint density at radius 3 is 3.21 bits per heavy atom. The van der Waals surface area contributed by atoms with Gasteiger partial charge in [0.25, 0.3) is 0 Å². The minimum absolute atomic E-state index is 0.229. The van der Waals surface area contributed by atoms with E-state index in [2.05, 4.69) is 15.8 Å². The molecule has 1 atom stereocenters. The van der Waals surface area contributed by atoms with Gasteiger partial charge in [0.1, 0.15) is 5.82 Å². The van der Waals surface area contributed by atoms with Crippen molar-refractivity contribution in [1.82, 2.24) is 10.7 Å². The Morgan fingerprint density at radius 1 is 1.58 bits per heavy atom. The van der Waals surface area contributed by atoms with Gasteiger partial charge in [-0.2, -0.15) is 5.10 Å². The van der Waals surface area contributed by atoms with E-state index in [0.29, 0.717) is 17.2 Å². The number of thiocarbonyl (C=S) groups is 1. The zero-order valence-corrected chi connectivity index (χ0v) is 11.3. The summed E-state index contributed by atoms with van der Waals surface area (Å²) in [4.78, 5) is 0. The first kappa shape index (κ1) is 13.9. The Hall–Kier alpha value is -1.53. The van der Waals surface area contributed by atoms with Crippen molar-refractivity contribution in [2.24, 2.45) is 5.10 Å². The van der Waals surface area contributed by atoms with Crippen LogP contribution in [0.3, 0.4) is 0 Å². The number of ether oxygens (including phenoxy) is 1. The number of hydrogen-bond acceptors (Lipinski definition) is 3. The fourth-order valence-corrected chi connectivity index (χ4v) is 1.94. The van der Waals surface area contributed by atoms with E-state index < -0.39 is 0 Å². The van der Waals surface area contributed by atoms with E-state index in [1.165, 1.54) is 18.3 Å². The van der Waals surface area contributed by atoms with E-state index >= 15 is 0 Å². The van der Waals surface area contributed by atoms with Crippen molar-refractivity contribution >= 4 is 23.5 Å². The number of nitrogens with zero attached hydrogens (tertiary/aromatic N) is 1. The van der Waals surface area contributed by atoms with Crippen LogP contribution in [0.2, 0.25) is 0 Å². The molecule has 1 aliphatic rings. The number of halogens is 1. The lowest BCUT2D eigenvalue weighted by Crippen LogP contribution is -2.37. The van der Waals surface area contributed by atoms with Crippen molar-refractivity contribution in [3.8, 4) is 0 Å². The molecule has 102 valence electrons. The predicted octanol–water partition coefficient (Wildman–Crippen LogP) is 1.80. The van der Waals surface area contributed by atoms with Crippen molar-refractivity contribution in [2.75, 3.05) is 13.2 Å². The van der Waals surface area contributed by atoms with E-state index in [-0.39, 0.29) is 11.9 Å². The van der Waals surface area contributed by atoms with Crippen LogP contribution >= 0.6 is 12.2 Å². The van der Waals surface area contributed by atoms with E-state index in [4.69, 9.17) is 17.0 Å². The molecular weight excluding hydrogens is 265 g/mol. The molecule has 0 unspecified atom stereocenters. The zero-order valence-electron chi connectivity index (χ0n) is 10.4. The third kappa shape index (κ3) is 4.92. The quantitative estimate of drug-likeness (QED) is 0.502. The largest absolute Gasteiger partial charge is 0.376 e. The summed E-state index contributed by atoms with van der Waals surface area (Å²) < 4.78 is 18.4. The lowest BCUT2D eigenvalue weighted by atomic mass is 10.2. The fraction of sp³-hybridized carbons (Fsp3) is 0.385. The van der Waals surface area contributed by atoms with Crippen LogP contribution in [0.4, 0.5) is 4.39 Å². The van der Waals surface area contributed by atoms with Crippen LogP contribution in [-0.2, 0) is 4.74 Å². The number of hydrogen-bond donors (Lipinski definition) is 2. The van der Waals surface area contributed by atoms with Crippen molar-refractivity contribution in [2.45, 2.75) is 18.9 Å². The minimum atomic E-state index is -0.289. The topological polar surface area (TPSA) is 45.7 Å². The number of nitrogens with one attached hydrogen (secondary N) is 2. The van der Waals surface area contributed by atoms with Crippen molar-refractivity contribution < 1.29 is 9.13 Å². The molecule has 0 radical (unpaired) electrons. The van der Waals surface area contributed by atoms with Crippen LogP contribution < -0.4 is 10.7 Å². The second-order valence-corrected chi connectivity index (χ2v) is 4.68. The summed E-state index contributed by atoms with van der Waals surface area (Å²) in [6, 6.07) is 6.17. The molecule has 1 saturated heterocycles. The third-order valence-electron chi connectivity index (χ3n) is 2.74. The van der Waals surface area contributed by atoms with Gasteiger partial charge in [-0.1, -0.05) is 12.1 Å². The molecule has 0 spiro atoms. The van der Waals surface area contributed by atoms with Crippen LogP contribution in [0.5, 0.6) is 0 Å². The smallest absolute Gasteiger partial charge is 0.187 e. The molecule has 2 rings (SSSR count). The molecule has 1 aliphatic heterocycles. The molecule has 1 fully saturated rings. The van der Waals surface area contributed by atoms with Gasteiger partial charge in [0.05, 0.1) is 12.3 Å². The van der Waals surface area contributed by atoms with Crippen LogP contribution in [0.25, 0.3) is 0 Å². The van der Waals surface area contributed by atoms with E-state index in [9.17, 15) is 4.39 Å². The maximum atomic E-state index is 12.9. The summed E-state index contributed by atoms with van der Waals surface area (Å²) in [6.07, 6.45) is 3.90. The summed E-state index contributed by atoms with van der Waals surface area (Å²) in [5.74, 6) is -0.289. The van der Waals surface area contributed by atoms with Gasteiger partial charge in [-0.25, -0.2) is 4.39 Å². The van der Waals surface area contributed by atoms with Crippen LogP contribution in [0.15, 0.2) is 29.4 Å². The summed E-state index contributed by atoms with van der Waals surface area (Å²) in [7, 11) is 0. The molecule has 1 aromatic rings. The second kappa shape index (κ2) is 7.16. The number of rotatable bonds is 4. The van der Waals surface area contributed by atoms with Gasteiger partial charge in [0, 0.05) is 13.2 Å². The van der Waals surface area contributed by atoms with Gasteiger partial charge in [-0.05, 0) is 42.8 Å². The monoisotopic (exact) mass is 281 g/mol. The van der Waals surface area contributed by atoms with Crippen molar-refractivity contribution in [3.63, 3.8) is 0 Å². The molecule has 0 amide bonds. The van der Waals surface area contributed by atoms with Crippen LogP contribution in [-0.4, -0.2) is 30.6 Å². The molecular formula is C13H16FN3OS. The molecule has 1 aromatic carbocycles. The summed E-state index contributed by atoms with van der Waals surface area (Å²) in [5, 5.41) is 7.40. The SMILES string of the molecule is Fc1cccc(/C=N\NC(=S)NC[C@@H]2CCCO2)c1. The van der Waals surface area contributed by atoms with Crippen molar-refractivity contribution in [1.29, 1.82) is 0 Å². The summed E-state index contributed by atoms with van der Waals surface area (Å²) in [5.41, 5.74) is 3.36. The lowest BCUT2D eigenvalue weighted by molar-refractivity contribution is 0.114. The van der Waals surface area contributed by atoms with Crippen LogP contribution in [0, 0.1) is 5.82 Å². The highest BCUT2D eigenvalue weighted by atomic mass is 32.1. The van der Waals surface area contributed by atoms with Gasteiger partial charge >= 0.3 is 0 Å². The standard InChI is InChI=1S/C13H16FN3OS/c14-11-4-1-3-10(7-11)8-16-17-13(19)15-9-12-5-2-6-18-12/h1,3-4,7-8,12H,2,5-6,9H2,(H2,15,17,19)/b16-8-/t12-/m0/s1. The van der Waals surface area contributed by atoms with E-state index in [1.54, 1.807) is 12.1 Å². The molecule has 0 saturated carbocycles. The molecule has 1 heterocycles.